The van der Waals surface area contributed by atoms with Crippen molar-refractivity contribution < 1.29 is 28.2 Å². The molecule has 0 spiro atoms. The van der Waals surface area contributed by atoms with Gasteiger partial charge < -0.3 is 20.4 Å². The van der Waals surface area contributed by atoms with Crippen LogP contribution < -0.4 is 15.1 Å². The molecular weight excluding hydrogens is 527 g/mol. The minimum absolute atomic E-state index is 0.111. The lowest BCUT2D eigenvalue weighted by Crippen LogP contribution is -2.56. The summed E-state index contributed by atoms with van der Waals surface area (Å²) in [4.78, 5) is 35.1. The van der Waals surface area contributed by atoms with E-state index in [9.17, 15) is 23.1 Å². The first kappa shape index (κ1) is 27.7. The lowest BCUT2D eigenvalue weighted by Gasteiger charge is -2.46. The van der Waals surface area contributed by atoms with Crippen molar-refractivity contribution in [3.8, 4) is 11.4 Å². The summed E-state index contributed by atoms with van der Waals surface area (Å²) in [5.41, 5.74) is 1.07. The zero-order chi connectivity index (χ0) is 28.4. The molecule has 2 bridgehead atoms. The number of nitrogens with zero attached hydrogens (tertiary/aromatic N) is 6. The zero-order valence-corrected chi connectivity index (χ0v) is 21.9. The van der Waals surface area contributed by atoms with Crippen LogP contribution in [-0.2, 0) is 12.6 Å². The Labute approximate surface area is 228 Å². The fourth-order valence-electron chi connectivity index (χ4n) is 5.18. The van der Waals surface area contributed by atoms with Gasteiger partial charge in [-0.15, -0.1) is 0 Å². The van der Waals surface area contributed by atoms with E-state index >= 15 is 0 Å². The smallest absolute Gasteiger partial charge is 0.394 e. The van der Waals surface area contributed by atoms with Gasteiger partial charge in [0.2, 0.25) is 0 Å². The van der Waals surface area contributed by atoms with E-state index in [0.29, 0.717) is 54.5 Å². The van der Waals surface area contributed by atoms with Crippen LogP contribution in [0.3, 0.4) is 0 Å². The number of aliphatic hydroxyl groups is 2. The van der Waals surface area contributed by atoms with Crippen LogP contribution in [0.5, 0.6) is 0 Å². The molecule has 212 valence electrons. The maximum atomic E-state index is 13.6. The average Bonchev–Trinajstić information content (AvgIpc) is 2.93. The molecule has 1 saturated heterocycles. The van der Waals surface area contributed by atoms with Crippen LogP contribution in [-0.4, -0.2) is 68.0 Å². The SMILES string of the molecule is Cc1nc(-c2cccc(C(F)(F)F)c2)nc2c1N1CCC[C@@H](C1)N2C(=O)Nc1cnc(CCC[C@H](O)CO)nc1. The van der Waals surface area contributed by atoms with Crippen LogP contribution in [0.1, 0.15) is 42.8 Å². The number of aryl methyl sites for hydroxylation is 2. The minimum atomic E-state index is -4.51. The second-order valence-corrected chi connectivity index (χ2v) is 10.0. The van der Waals surface area contributed by atoms with Gasteiger partial charge in [0.25, 0.3) is 0 Å². The quantitative estimate of drug-likeness (QED) is 0.399. The molecule has 0 saturated carbocycles. The summed E-state index contributed by atoms with van der Waals surface area (Å²) < 4.78 is 40.1. The number of anilines is 3. The number of carbonyl (C=O) groups is 1. The van der Waals surface area contributed by atoms with Crippen LogP contribution in [0.4, 0.5) is 35.2 Å². The Morgan fingerprint density at radius 1 is 1.23 bits per heavy atom. The number of carbonyl (C=O) groups excluding carboxylic acids is 1. The van der Waals surface area contributed by atoms with Gasteiger partial charge in [0, 0.05) is 25.1 Å². The maximum Gasteiger partial charge on any atom is 0.416 e. The lowest BCUT2D eigenvalue weighted by molar-refractivity contribution is -0.137. The third-order valence-corrected chi connectivity index (χ3v) is 7.12. The molecule has 0 aliphatic carbocycles. The molecule has 3 N–H and O–H groups in total. The molecule has 2 atom stereocenters. The lowest BCUT2D eigenvalue weighted by atomic mass is 9.99. The molecule has 1 aromatic carbocycles. The van der Waals surface area contributed by atoms with E-state index in [2.05, 4.69) is 30.2 Å². The number of benzene rings is 1. The first-order chi connectivity index (χ1) is 19.1. The highest BCUT2D eigenvalue weighted by Crippen LogP contribution is 2.41. The molecule has 0 radical (unpaired) electrons. The Balaban J connectivity index is 1.41. The number of aromatic nitrogens is 4. The number of alkyl halides is 3. The molecule has 4 heterocycles. The van der Waals surface area contributed by atoms with E-state index in [1.807, 2.05) is 0 Å². The predicted octanol–water partition coefficient (Wildman–Crippen LogP) is 3.96. The topological polar surface area (TPSA) is 128 Å². The summed E-state index contributed by atoms with van der Waals surface area (Å²) in [5, 5.41) is 21.2. The number of urea groups is 1. The highest BCUT2D eigenvalue weighted by atomic mass is 19.4. The van der Waals surface area contributed by atoms with E-state index in [-0.39, 0.29) is 24.0 Å². The van der Waals surface area contributed by atoms with Crippen molar-refractivity contribution in [3.05, 3.63) is 53.7 Å². The van der Waals surface area contributed by atoms with Gasteiger partial charge in [0.15, 0.2) is 11.6 Å². The molecule has 2 aromatic heterocycles. The molecule has 40 heavy (non-hydrogen) atoms. The molecule has 2 aliphatic rings. The van der Waals surface area contributed by atoms with E-state index < -0.39 is 23.9 Å². The number of piperidine rings is 1. The van der Waals surface area contributed by atoms with Crippen molar-refractivity contribution in [1.82, 2.24) is 19.9 Å². The molecular formula is C27H30F3N7O3. The average molecular weight is 558 g/mol. The Bertz CT molecular complexity index is 1370. The molecule has 13 heteroatoms. The Morgan fingerprint density at radius 2 is 2.00 bits per heavy atom. The van der Waals surface area contributed by atoms with Crippen LogP contribution in [0.25, 0.3) is 11.4 Å². The van der Waals surface area contributed by atoms with Gasteiger partial charge >= 0.3 is 12.2 Å². The normalized spacial score (nSPS) is 17.4. The fourth-order valence-corrected chi connectivity index (χ4v) is 5.18. The van der Waals surface area contributed by atoms with Crippen molar-refractivity contribution in [2.24, 2.45) is 0 Å². The molecule has 0 unspecified atom stereocenters. The molecule has 5 rings (SSSR count). The summed E-state index contributed by atoms with van der Waals surface area (Å²) in [5.74, 6) is 1.01. The Hall–Kier alpha value is -3.84. The molecule has 3 aromatic rings. The van der Waals surface area contributed by atoms with Crippen LogP contribution >= 0.6 is 0 Å². The summed E-state index contributed by atoms with van der Waals surface area (Å²) in [6, 6.07) is 4.23. The highest BCUT2D eigenvalue weighted by molar-refractivity contribution is 6.04. The van der Waals surface area contributed by atoms with Gasteiger partial charge in [-0.1, -0.05) is 12.1 Å². The number of aliphatic hydroxyl groups excluding tert-OH is 2. The third kappa shape index (κ3) is 5.85. The van der Waals surface area contributed by atoms with Crippen molar-refractivity contribution in [2.75, 3.05) is 34.8 Å². The minimum Gasteiger partial charge on any atom is -0.394 e. The van der Waals surface area contributed by atoms with Crippen molar-refractivity contribution in [1.29, 1.82) is 0 Å². The summed E-state index contributed by atoms with van der Waals surface area (Å²) in [6.07, 6.45) is 0.872. The fraction of sp³-hybridized carbons (Fsp3) is 0.444. The monoisotopic (exact) mass is 557 g/mol. The third-order valence-electron chi connectivity index (χ3n) is 7.12. The second kappa shape index (κ2) is 11.3. The number of nitrogens with one attached hydrogen (secondary N) is 1. The first-order valence-corrected chi connectivity index (χ1v) is 13.2. The van der Waals surface area contributed by atoms with E-state index in [0.717, 1.165) is 31.5 Å². The Morgan fingerprint density at radius 3 is 2.73 bits per heavy atom. The predicted molar refractivity (Wildman–Crippen MR) is 142 cm³/mol. The van der Waals surface area contributed by atoms with E-state index in [1.165, 1.54) is 24.5 Å². The molecule has 1 fully saturated rings. The van der Waals surface area contributed by atoms with Crippen molar-refractivity contribution in [2.45, 2.75) is 57.3 Å². The number of halogens is 3. The largest absolute Gasteiger partial charge is 0.416 e. The Kier molecular flexibility index (Phi) is 7.86. The van der Waals surface area contributed by atoms with Crippen molar-refractivity contribution >= 4 is 23.2 Å². The van der Waals surface area contributed by atoms with Gasteiger partial charge in [-0.2, -0.15) is 13.2 Å². The summed E-state index contributed by atoms with van der Waals surface area (Å²) >= 11 is 0. The maximum absolute atomic E-state index is 13.6. The highest BCUT2D eigenvalue weighted by Gasteiger charge is 2.40. The van der Waals surface area contributed by atoms with Crippen LogP contribution in [0.15, 0.2) is 36.7 Å². The zero-order valence-electron chi connectivity index (χ0n) is 21.9. The van der Waals surface area contributed by atoms with Crippen LogP contribution in [0.2, 0.25) is 0 Å². The van der Waals surface area contributed by atoms with Gasteiger partial charge in [-0.25, -0.2) is 24.7 Å². The van der Waals surface area contributed by atoms with Gasteiger partial charge in [0.1, 0.15) is 11.5 Å². The van der Waals surface area contributed by atoms with Crippen molar-refractivity contribution in [3.63, 3.8) is 0 Å². The number of hydrogen-bond donors (Lipinski definition) is 3. The standard InChI is InChI=1S/C27H30F3N7O3/c1-16-23-25(35-24(33-16)17-5-2-6-18(11-17)27(28,29)30)37(20-7-4-10-36(23)14-20)26(40)34-19-12-31-22(32-13-19)9-3-8-21(39)15-38/h2,5-6,11-13,20-21,38-39H,3-4,7-10,14-15H2,1H3,(H,34,40)/t20-,21-/m0/s1. The molecule has 2 aliphatic heterocycles. The molecule has 2 amide bonds. The number of fused-ring (bicyclic) bond motifs is 4. The van der Waals surface area contributed by atoms with Gasteiger partial charge in [-0.3, -0.25) is 4.90 Å². The van der Waals surface area contributed by atoms with Gasteiger partial charge in [-0.05, 0) is 44.7 Å². The number of rotatable bonds is 7. The second-order valence-electron chi connectivity index (χ2n) is 10.0. The van der Waals surface area contributed by atoms with E-state index in [1.54, 1.807) is 11.8 Å². The number of amides is 2. The molecule has 10 nitrogen and oxygen atoms in total. The van der Waals surface area contributed by atoms with Gasteiger partial charge in [0.05, 0.1) is 48.1 Å². The summed E-state index contributed by atoms with van der Waals surface area (Å²) in [7, 11) is 0. The van der Waals surface area contributed by atoms with Crippen LogP contribution in [0, 0.1) is 6.92 Å². The summed E-state index contributed by atoms with van der Waals surface area (Å²) in [6.45, 7) is 2.85. The first-order valence-electron chi connectivity index (χ1n) is 13.2. The van der Waals surface area contributed by atoms with E-state index in [4.69, 9.17) is 5.11 Å². The number of hydrogen-bond acceptors (Lipinski definition) is 8.